The standard InChI is InChI=1S/C13H12N4O4S/c1-22-13-15-12-14-7(11(20)21)5-8(17(12)16-13)6-2-3-9(18)10(19)4-6/h2-5,8,18-19H,1H3,(H,20,21)(H,14,15,16)/t8-/m1/s1. The van der Waals surface area contributed by atoms with Crippen molar-refractivity contribution in [1.82, 2.24) is 14.8 Å². The van der Waals surface area contributed by atoms with E-state index < -0.39 is 12.0 Å². The summed E-state index contributed by atoms with van der Waals surface area (Å²) in [5.41, 5.74) is 0.555. The summed E-state index contributed by atoms with van der Waals surface area (Å²) in [5.74, 6) is -1.34. The van der Waals surface area contributed by atoms with Gasteiger partial charge in [0.05, 0.1) is 0 Å². The van der Waals surface area contributed by atoms with Crippen molar-refractivity contribution in [3.63, 3.8) is 0 Å². The lowest BCUT2D eigenvalue weighted by molar-refractivity contribution is -0.132. The number of anilines is 1. The third-order valence-corrected chi connectivity index (χ3v) is 3.74. The van der Waals surface area contributed by atoms with E-state index >= 15 is 0 Å². The zero-order chi connectivity index (χ0) is 15.9. The van der Waals surface area contributed by atoms with Crippen LogP contribution in [-0.2, 0) is 4.79 Å². The lowest BCUT2D eigenvalue weighted by Gasteiger charge is -2.22. The highest BCUT2D eigenvalue weighted by Gasteiger charge is 2.27. The summed E-state index contributed by atoms with van der Waals surface area (Å²) in [6.07, 6.45) is 3.29. The molecule has 9 heteroatoms. The van der Waals surface area contributed by atoms with Crippen LogP contribution in [-0.4, -0.2) is 42.3 Å². The second kappa shape index (κ2) is 5.26. The molecule has 0 radical (unpaired) electrons. The lowest BCUT2D eigenvalue weighted by Crippen LogP contribution is -2.24. The Kier molecular flexibility index (Phi) is 3.41. The molecular formula is C13H12N4O4S. The van der Waals surface area contributed by atoms with Gasteiger partial charge in [0.2, 0.25) is 11.1 Å². The minimum absolute atomic E-state index is 0.0230. The molecule has 0 spiro atoms. The maximum absolute atomic E-state index is 11.3. The summed E-state index contributed by atoms with van der Waals surface area (Å²) in [7, 11) is 0. The number of allylic oxidation sites excluding steroid dienone is 1. The number of aromatic hydroxyl groups is 2. The Bertz CT molecular complexity index is 786. The summed E-state index contributed by atoms with van der Waals surface area (Å²) in [5, 5.41) is 35.8. The van der Waals surface area contributed by atoms with Gasteiger partial charge < -0.3 is 20.6 Å². The molecule has 1 atom stereocenters. The molecule has 0 unspecified atom stereocenters. The second-order valence-electron chi connectivity index (χ2n) is 4.57. The molecule has 0 saturated carbocycles. The fourth-order valence-corrected chi connectivity index (χ4v) is 2.49. The zero-order valence-electron chi connectivity index (χ0n) is 11.4. The number of phenols is 2. The van der Waals surface area contributed by atoms with Gasteiger partial charge in [0.25, 0.3) is 0 Å². The molecule has 0 fully saturated rings. The number of nitrogens with zero attached hydrogens (tertiary/aromatic N) is 3. The van der Waals surface area contributed by atoms with Crippen LogP contribution in [0.4, 0.5) is 5.95 Å². The number of benzene rings is 1. The summed E-state index contributed by atoms with van der Waals surface area (Å²) in [6, 6.07) is 3.74. The van der Waals surface area contributed by atoms with Gasteiger partial charge in [-0.1, -0.05) is 17.8 Å². The number of carbonyl (C=O) groups is 1. The third-order valence-electron chi connectivity index (χ3n) is 3.20. The number of phenolic OH excluding ortho intramolecular Hbond substituents is 2. The topological polar surface area (TPSA) is 121 Å². The Morgan fingerprint density at radius 3 is 2.77 bits per heavy atom. The fraction of sp³-hybridized carbons (Fsp3) is 0.154. The van der Waals surface area contributed by atoms with E-state index in [1.54, 1.807) is 6.07 Å². The zero-order valence-corrected chi connectivity index (χ0v) is 12.2. The molecule has 4 N–H and O–H groups in total. The Balaban J connectivity index is 2.13. The van der Waals surface area contributed by atoms with E-state index in [0.717, 1.165) is 0 Å². The number of aromatic nitrogens is 3. The van der Waals surface area contributed by atoms with E-state index in [9.17, 15) is 20.1 Å². The first kappa shape index (κ1) is 14.3. The second-order valence-corrected chi connectivity index (χ2v) is 5.34. The number of fused-ring (bicyclic) bond motifs is 1. The third kappa shape index (κ3) is 2.35. The Hall–Kier alpha value is -2.68. The van der Waals surface area contributed by atoms with Crippen molar-refractivity contribution in [3.8, 4) is 11.5 Å². The highest BCUT2D eigenvalue weighted by atomic mass is 32.2. The molecule has 1 aliphatic heterocycles. The molecule has 1 aliphatic rings. The summed E-state index contributed by atoms with van der Waals surface area (Å²) < 4.78 is 1.53. The number of hydrogen-bond donors (Lipinski definition) is 4. The predicted molar refractivity (Wildman–Crippen MR) is 79.1 cm³/mol. The van der Waals surface area contributed by atoms with Crippen LogP contribution in [0.5, 0.6) is 11.5 Å². The number of carboxylic acids is 1. The average molecular weight is 320 g/mol. The minimum atomic E-state index is -1.12. The molecule has 0 bridgehead atoms. The molecule has 0 amide bonds. The number of hydrogen-bond acceptors (Lipinski definition) is 7. The quantitative estimate of drug-likeness (QED) is 0.495. The number of carboxylic acid groups (broad SMARTS) is 1. The first-order chi connectivity index (χ1) is 10.5. The summed E-state index contributed by atoms with van der Waals surface area (Å²) >= 11 is 1.33. The van der Waals surface area contributed by atoms with Crippen molar-refractivity contribution in [2.75, 3.05) is 11.6 Å². The molecule has 2 heterocycles. The van der Waals surface area contributed by atoms with Gasteiger partial charge in [0.1, 0.15) is 11.7 Å². The van der Waals surface area contributed by atoms with E-state index in [0.29, 0.717) is 16.7 Å². The van der Waals surface area contributed by atoms with Crippen molar-refractivity contribution >= 4 is 23.7 Å². The molecule has 2 aromatic rings. The van der Waals surface area contributed by atoms with E-state index in [4.69, 9.17) is 0 Å². The van der Waals surface area contributed by atoms with Crippen LogP contribution in [0, 0.1) is 0 Å². The van der Waals surface area contributed by atoms with E-state index in [1.807, 2.05) is 6.26 Å². The smallest absolute Gasteiger partial charge is 0.352 e. The average Bonchev–Trinajstić information content (AvgIpc) is 2.92. The monoisotopic (exact) mass is 320 g/mol. The molecule has 22 heavy (non-hydrogen) atoms. The normalized spacial score (nSPS) is 16.6. The Morgan fingerprint density at radius 2 is 2.14 bits per heavy atom. The Labute approximate surface area is 129 Å². The highest BCUT2D eigenvalue weighted by molar-refractivity contribution is 7.98. The molecule has 114 valence electrons. The molecular weight excluding hydrogens is 308 g/mol. The van der Waals surface area contributed by atoms with Gasteiger partial charge in [-0.2, -0.15) is 4.98 Å². The first-order valence-corrected chi connectivity index (χ1v) is 7.46. The van der Waals surface area contributed by atoms with E-state index in [2.05, 4.69) is 15.4 Å². The van der Waals surface area contributed by atoms with Crippen molar-refractivity contribution in [2.24, 2.45) is 0 Å². The van der Waals surface area contributed by atoms with Gasteiger partial charge in [0, 0.05) is 0 Å². The number of thioether (sulfide) groups is 1. The summed E-state index contributed by atoms with van der Waals surface area (Å²) in [6.45, 7) is 0. The molecule has 3 rings (SSSR count). The van der Waals surface area contributed by atoms with E-state index in [1.165, 1.54) is 34.7 Å². The van der Waals surface area contributed by atoms with E-state index in [-0.39, 0.29) is 17.2 Å². The molecule has 1 aromatic carbocycles. The highest BCUT2D eigenvalue weighted by Crippen LogP contribution is 2.34. The maximum Gasteiger partial charge on any atom is 0.352 e. The largest absolute Gasteiger partial charge is 0.504 e. The fourth-order valence-electron chi connectivity index (χ4n) is 2.15. The van der Waals surface area contributed by atoms with Gasteiger partial charge >= 0.3 is 5.97 Å². The van der Waals surface area contributed by atoms with Gasteiger partial charge in [-0.05, 0) is 30.0 Å². The van der Waals surface area contributed by atoms with Crippen LogP contribution in [0.15, 0.2) is 35.1 Å². The van der Waals surface area contributed by atoms with Crippen LogP contribution in [0.3, 0.4) is 0 Å². The van der Waals surface area contributed by atoms with Gasteiger partial charge in [-0.25, -0.2) is 9.48 Å². The van der Waals surface area contributed by atoms with Gasteiger partial charge in [0.15, 0.2) is 11.5 Å². The maximum atomic E-state index is 11.3. The van der Waals surface area contributed by atoms with Crippen LogP contribution < -0.4 is 5.32 Å². The minimum Gasteiger partial charge on any atom is -0.504 e. The number of aliphatic carboxylic acids is 1. The summed E-state index contributed by atoms with van der Waals surface area (Å²) in [4.78, 5) is 15.5. The molecule has 0 saturated heterocycles. The Morgan fingerprint density at radius 1 is 1.36 bits per heavy atom. The van der Waals surface area contributed by atoms with Crippen molar-refractivity contribution in [1.29, 1.82) is 0 Å². The predicted octanol–water partition coefficient (Wildman–Crippen LogP) is 1.39. The molecule has 8 nitrogen and oxygen atoms in total. The van der Waals surface area contributed by atoms with Crippen LogP contribution in [0.1, 0.15) is 11.6 Å². The molecule has 1 aromatic heterocycles. The van der Waals surface area contributed by atoms with Crippen molar-refractivity contribution in [3.05, 3.63) is 35.5 Å². The number of nitrogens with one attached hydrogen (secondary N) is 1. The van der Waals surface area contributed by atoms with Crippen LogP contribution in [0.25, 0.3) is 0 Å². The van der Waals surface area contributed by atoms with Crippen molar-refractivity contribution < 1.29 is 20.1 Å². The van der Waals surface area contributed by atoms with Crippen LogP contribution >= 0.6 is 11.8 Å². The first-order valence-electron chi connectivity index (χ1n) is 6.24. The number of rotatable bonds is 3. The molecule has 0 aliphatic carbocycles. The van der Waals surface area contributed by atoms with Gasteiger partial charge in [-0.15, -0.1) is 5.10 Å². The van der Waals surface area contributed by atoms with Crippen molar-refractivity contribution in [2.45, 2.75) is 11.2 Å². The van der Waals surface area contributed by atoms with Crippen LogP contribution in [0.2, 0.25) is 0 Å². The lowest BCUT2D eigenvalue weighted by atomic mass is 10.0. The SMILES string of the molecule is CSc1nc2n(n1)[C@@H](c1ccc(O)c(O)c1)C=C(C(=O)O)N2. The van der Waals surface area contributed by atoms with Gasteiger partial charge in [-0.3, -0.25) is 0 Å².